The maximum atomic E-state index is 13.2. The van der Waals surface area contributed by atoms with E-state index in [-0.39, 0.29) is 33.7 Å². The third kappa shape index (κ3) is 7.84. The first-order valence-electron chi connectivity index (χ1n) is 11.2. The van der Waals surface area contributed by atoms with Gasteiger partial charge in [-0.25, -0.2) is 4.79 Å². The van der Waals surface area contributed by atoms with E-state index >= 15 is 0 Å². The van der Waals surface area contributed by atoms with Gasteiger partial charge in [0, 0.05) is 36.1 Å². The molecular formula is C24H35Cl3N2O4S. The quantitative estimate of drug-likeness (QED) is 0.225. The number of carbonyl (C=O) groups is 1. The van der Waals surface area contributed by atoms with Crippen LogP contribution in [0.4, 0.5) is 4.79 Å². The van der Waals surface area contributed by atoms with Gasteiger partial charge in [-0.3, -0.25) is 0 Å². The van der Waals surface area contributed by atoms with Crippen molar-refractivity contribution in [1.29, 1.82) is 0 Å². The number of amides is 1. The fraction of sp³-hybridized carbons (Fsp3) is 0.625. The van der Waals surface area contributed by atoms with E-state index in [0.717, 1.165) is 0 Å². The van der Waals surface area contributed by atoms with Crippen LogP contribution in [-0.2, 0) is 16.1 Å². The molecule has 1 saturated heterocycles. The Hall–Kier alpha value is -0.830. The van der Waals surface area contributed by atoms with Crippen molar-refractivity contribution in [2.45, 2.75) is 70.8 Å². The molecule has 192 valence electrons. The molecule has 1 aliphatic rings. The Labute approximate surface area is 221 Å². The first-order valence-corrected chi connectivity index (χ1v) is 13.5. The molecule has 6 nitrogen and oxygen atoms in total. The summed E-state index contributed by atoms with van der Waals surface area (Å²) in [7, 11) is 0. The SMILES string of the molecule is C=CCOc1cc(Cl)c(Cl)c(Cl)c1[C@H](N[S@@+]([O-])C(C)(C)C)C1CCN(C(=O)OC(C)(C)C)CC1. The van der Waals surface area contributed by atoms with E-state index < -0.39 is 27.8 Å². The van der Waals surface area contributed by atoms with Gasteiger partial charge in [0.2, 0.25) is 0 Å². The molecular weight excluding hydrogens is 519 g/mol. The topological polar surface area (TPSA) is 73.9 Å². The molecule has 1 N–H and O–H groups in total. The summed E-state index contributed by atoms with van der Waals surface area (Å²) in [6.45, 7) is 16.2. The molecule has 1 fully saturated rings. The summed E-state index contributed by atoms with van der Waals surface area (Å²) in [4.78, 5) is 14.2. The number of rotatable bonds is 7. The lowest BCUT2D eigenvalue weighted by molar-refractivity contribution is 0.0171. The van der Waals surface area contributed by atoms with E-state index in [1.165, 1.54) is 0 Å². The van der Waals surface area contributed by atoms with Crippen LogP contribution in [0.5, 0.6) is 5.75 Å². The molecule has 1 amide bonds. The molecule has 1 aromatic rings. The van der Waals surface area contributed by atoms with Crippen LogP contribution in [0.25, 0.3) is 0 Å². The minimum absolute atomic E-state index is 0.00538. The second-order valence-electron chi connectivity index (χ2n) is 10.3. The maximum absolute atomic E-state index is 13.2. The molecule has 1 aliphatic heterocycles. The lowest BCUT2D eigenvalue weighted by Gasteiger charge is -2.38. The predicted molar refractivity (Wildman–Crippen MR) is 141 cm³/mol. The Morgan fingerprint density at radius 3 is 2.32 bits per heavy atom. The van der Waals surface area contributed by atoms with Gasteiger partial charge in [0.25, 0.3) is 0 Å². The number of hydrogen-bond acceptors (Lipinski definition) is 5. The number of halogens is 3. The number of benzene rings is 1. The number of likely N-dealkylation sites (tertiary alicyclic amines) is 1. The molecule has 0 spiro atoms. The third-order valence-electron chi connectivity index (χ3n) is 5.28. The van der Waals surface area contributed by atoms with Crippen molar-refractivity contribution in [1.82, 2.24) is 9.62 Å². The monoisotopic (exact) mass is 552 g/mol. The van der Waals surface area contributed by atoms with Crippen LogP contribution >= 0.6 is 34.8 Å². The van der Waals surface area contributed by atoms with Crippen molar-refractivity contribution in [3.8, 4) is 5.75 Å². The van der Waals surface area contributed by atoms with Crippen LogP contribution in [0.3, 0.4) is 0 Å². The van der Waals surface area contributed by atoms with Crippen molar-refractivity contribution in [3.63, 3.8) is 0 Å². The Balaban J connectivity index is 2.40. The summed E-state index contributed by atoms with van der Waals surface area (Å²) in [5.41, 5.74) is 0.0401. The molecule has 0 unspecified atom stereocenters. The highest BCUT2D eigenvalue weighted by atomic mass is 35.5. The van der Waals surface area contributed by atoms with E-state index in [4.69, 9.17) is 44.3 Å². The predicted octanol–water partition coefficient (Wildman–Crippen LogP) is 6.95. The average Bonchev–Trinajstić information content (AvgIpc) is 2.73. The molecule has 0 aliphatic carbocycles. The zero-order chi connectivity index (χ0) is 25.8. The maximum Gasteiger partial charge on any atom is 0.410 e. The number of carbonyl (C=O) groups excluding carboxylic acids is 1. The standard InChI is InChI=1S/C24H35Cl3N2O4S/c1-8-13-32-17-14-16(25)19(26)20(27)18(17)21(28-34(31)24(5,6)7)15-9-11-29(12-10-15)22(30)33-23(2,3)4/h8,14-15,21,28H,1,9-13H2,2-7H3/t21-,34+/m1/s1. The number of ether oxygens (including phenoxy) is 2. The molecule has 1 heterocycles. The highest BCUT2D eigenvalue weighted by Gasteiger charge is 2.39. The van der Waals surface area contributed by atoms with E-state index in [2.05, 4.69) is 11.3 Å². The molecule has 34 heavy (non-hydrogen) atoms. The van der Waals surface area contributed by atoms with Crippen LogP contribution in [0.1, 0.15) is 66.0 Å². The molecule has 2 rings (SSSR count). The fourth-order valence-corrected chi connectivity index (χ4v) is 5.18. The van der Waals surface area contributed by atoms with Crippen LogP contribution in [0.15, 0.2) is 18.7 Å². The van der Waals surface area contributed by atoms with Gasteiger partial charge in [-0.1, -0.05) is 47.5 Å². The van der Waals surface area contributed by atoms with Gasteiger partial charge in [-0.05, 0) is 60.3 Å². The van der Waals surface area contributed by atoms with Crippen LogP contribution < -0.4 is 9.46 Å². The molecule has 0 bridgehead atoms. The van der Waals surface area contributed by atoms with Crippen LogP contribution in [-0.4, -0.2) is 45.6 Å². The van der Waals surface area contributed by atoms with Crippen molar-refractivity contribution in [3.05, 3.63) is 39.4 Å². The van der Waals surface area contributed by atoms with Crippen molar-refractivity contribution in [2.24, 2.45) is 5.92 Å². The van der Waals surface area contributed by atoms with Gasteiger partial charge in [-0.2, -0.15) is 0 Å². The molecule has 2 atom stereocenters. The van der Waals surface area contributed by atoms with E-state index in [0.29, 0.717) is 37.2 Å². The summed E-state index contributed by atoms with van der Waals surface area (Å²) in [5, 5.41) is 0.736. The van der Waals surface area contributed by atoms with Gasteiger partial charge in [0.05, 0.1) is 21.1 Å². The Kier molecular flexibility index (Phi) is 10.3. The Bertz CT molecular complexity index is 878. The summed E-state index contributed by atoms with van der Waals surface area (Å²) in [6, 6.07) is 1.18. The number of nitrogens with one attached hydrogen (secondary N) is 1. The summed E-state index contributed by atoms with van der Waals surface area (Å²) in [6.07, 6.45) is 2.58. The van der Waals surface area contributed by atoms with Gasteiger partial charge >= 0.3 is 6.09 Å². The average molecular weight is 554 g/mol. The minimum Gasteiger partial charge on any atom is -0.598 e. The Morgan fingerprint density at radius 1 is 1.24 bits per heavy atom. The Morgan fingerprint density at radius 2 is 1.82 bits per heavy atom. The van der Waals surface area contributed by atoms with Crippen molar-refractivity contribution in [2.75, 3.05) is 19.7 Å². The summed E-state index contributed by atoms with van der Waals surface area (Å²) < 4.78 is 27.3. The number of hydrogen-bond donors (Lipinski definition) is 1. The second kappa shape index (κ2) is 11.9. The molecule has 0 aromatic heterocycles. The van der Waals surface area contributed by atoms with Gasteiger partial charge < -0.3 is 18.9 Å². The van der Waals surface area contributed by atoms with Gasteiger partial charge in [-0.15, -0.1) is 4.72 Å². The lowest BCUT2D eigenvalue weighted by Crippen LogP contribution is -2.47. The molecule has 0 saturated carbocycles. The van der Waals surface area contributed by atoms with Crippen LogP contribution in [0.2, 0.25) is 15.1 Å². The summed E-state index contributed by atoms with van der Waals surface area (Å²) in [5.74, 6) is 0.461. The highest BCUT2D eigenvalue weighted by Crippen LogP contribution is 2.46. The highest BCUT2D eigenvalue weighted by molar-refractivity contribution is 7.90. The van der Waals surface area contributed by atoms with Crippen molar-refractivity contribution >= 4 is 52.3 Å². The van der Waals surface area contributed by atoms with Crippen LogP contribution in [0, 0.1) is 5.92 Å². The zero-order valence-electron chi connectivity index (χ0n) is 20.7. The normalized spacial score (nSPS) is 17.3. The lowest BCUT2D eigenvalue weighted by atomic mass is 9.85. The zero-order valence-corrected chi connectivity index (χ0v) is 23.8. The molecule has 10 heteroatoms. The largest absolute Gasteiger partial charge is 0.598 e. The first-order chi connectivity index (χ1) is 15.7. The van der Waals surface area contributed by atoms with Crippen molar-refractivity contribution < 1.29 is 18.8 Å². The van der Waals surface area contributed by atoms with E-state index in [1.807, 2.05) is 41.5 Å². The molecule has 0 radical (unpaired) electrons. The third-order valence-corrected chi connectivity index (χ3v) is 8.14. The smallest absolute Gasteiger partial charge is 0.410 e. The van der Waals surface area contributed by atoms with E-state index in [9.17, 15) is 9.35 Å². The minimum atomic E-state index is -1.40. The van der Waals surface area contributed by atoms with Gasteiger partial charge in [0.1, 0.15) is 22.7 Å². The van der Waals surface area contributed by atoms with E-state index in [1.54, 1.807) is 17.0 Å². The molecule has 1 aromatic carbocycles. The summed E-state index contributed by atoms with van der Waals surface area (Å²) >= 11 is 18.0. The number of piperidine rings is 1. The fourth-order valence-electron chi connectivity index (χ4n) is 3.57. The first kappa shape index (κ1) is 29.4. The number of nitrogens with zero attached hydrogens (tertiary/aromatic N) is 1. The second-order valence-corrected chi connectivity index (χ2v) is 13.4. The van der Waals surface area contributed by atoms with Gasteiger partial charge in [0.15, 0.2) is 0 Å².